The second-order valence-electron chi connectivity index (χ2n) is 9.34. The number of para-hydroxylation sites is 3. The van der Waals surface area contributed by atoms with Crippen LogP contribution in [-0.2, 0) is 24.5 Å². The van der Waals surface area contributed by atoms with Crippen LogP contribution in [0, 0.1) is 12.8 Å². The molecule has 0 aromatic heterocycles. The van der Waals surface area contributed by atoms with Crippen LogP contribution in [0.1, 0.15) is 17.2 Å². The Morgan fingerprint density at radius 2 is 1.36 bits per heavy atom. The van der Waals surface area contributed by atoms with E-state index in [1.807, 2.05) is 37.3 Å². The SMILES string of the molecule is Cc1ccccc1N1C(=O)[C@@H]2[C@H](ON(c3ccccc3)[C@@H]2c2ccccc2OS(=O)(=O)c2ccccc2)C1=O. The van der Waals surface area contributed by atoms with Gasteiger partial charge in [0.05, 0.1) is 17.4 Å². The zero-order valence-electron chi connectivity index (χ0n) is 20.9. The summed E-state index contributed by atoms with van der Waals surface area (Å²) in [6.07, 6.45) is -1.10. The van der Waals surface area contributed by atoms with E-state index in [2.05, 4.69) is 0 Å². The predicted octanol–water partition coefficient (Wildman–Crippen LogP) is 4.81. The largest absolute Gasteiger partial charge is 0.379 e. The number of hydrogen-bond acceptors (Lipinski definition) is 7. The lowest BCUT2D eigenvalue weighted by molar-refractivity contribution is -0.126. The monoisotopic (exact) mass is 540 g/mol. The van der Waals surface area contributed by atoms with Crippen molar-refractivity contribution < 1.29 is 27.0 Å². The molecule has 2 fully saturated rings. The lowest BCUT2D eigenvalue weighted by Crippen LogP contribution is -2.37. The molecule has 2 aliphatic rings. The zero-order valence-corrected chi connectivity index (χ0v) is 21.7. The molecule has 0 radical (unpaired) electrons. The van der Waals surface area contributed by atoms with Crippen LogP contribution < -0.4 is 14.1 Å². The number of imide groups is 1. The Balaban J connectivity index is 1.46. The summed E-state index contributed by atoms with van der Waals surface area (Å²) < 4.78 is 31.9. The second-order valence-corrected chi connectivity index (χ2v) is 10.9. The minimum absolute atomic E-state index is 0.00174. The Hall–Kier alpha value is -4.47. The minimum Gasteiger partial charge on any atom is -0.379 e. The van der Waals surface area contributed by atoms with Gasteiger partial charge < -0.3 is 4.18 Å². The Morgan fingerprint density at radius 3 is 2.08 bits per heavy atom. The fourth-order valence-corrected chi connectivity index (χ4v) is 6.11. The van der Waals surface area contributed by atoms with Gasteiger partial charge in [-0.15, -0.1) is 0 Å². The number of nitrogens with zero attached hydrogens (tertiary/aromatic N) is 2. The fourth-order valence-electron chi connectivity index (χ4n) is 5.14. The molecule has 9 heteroatoms. The molecule has 4 aromatic rings. The number of anilines is 2. The number of aryl methyl sites for hydroxylation is 1. The highest BCUT2D eigenvalue weighted by atomic mass is 32.2. The number of carbonyl (C=O) groups is 2. The van der Waals surface area contributed by atoms with Gasteiger partial charge in [0.1, 0.15) is 16.6 Å². The standard InChI is InChI=1S/C30H24N2O6S/c1-20-12-8-10-18-24(20)31-29(33)26-27(32(37-28(26)30(31)34)21-13-4-2-5-14-21)23-17-9-11-19-25(23)38-39(35,36)22-15-6-3-7-16-22/h2-19,26-28H,1H3/t26-,27+,28-/m0/s1. The van der Waals surface area contributed by atoms with Crippen molar-refractivity contribution in [3.05, 3.63) is 120 Å². The lowest BCUT2D eigenvalue weighted by Gasteiger charge is -2.29. The van der Waals surface area contributed by atoms with Crippen molar-refractivity contribution in [2.45, 2.75) is 24.0 Å². The number of fused-ring (bicyclic) bond motifs is 1. The molecule has 6 rings (SSSR count). The van der Waals surface area contributed by atoms with Crippen molar-refractivity contribution in [2.24, 2.45) is 5.92 Å². The number of rotatable bonds is 6. The van der Waals surface area contributed by atoms with E-state index < -0.39 is 40.0 Å². The molecular weight excluding hydrogens is 516 g/mol. The molecule has 0 bridgehead atoms. The van der Waals surface area contributed by atoms with E-state index in [-0.39, 0.29) is 10.6 Å². The highest BCUT2D eigenvalue weighted by molar-refractivity contribution is 7.87. The molecule has 0 spiro atoms. The van der Waals surface area contributed by atoms with Gasteiger partial charge in [-0.1, -0.05) is 72.8 Å². The third kappa shape index (κ3) is 4.25. The summed E-state index contributed by atoms with van der Waals surface area (Å²) in [5.74, 6) is -1.80. The normalized spacial score (nSPS) is 20.8. The molecule has 3 atom stereocenters. The van der Waals surface area contributed by atoms with Crippen molar-refractivity contribution in [1.82, 2.24) is 0 Å². The molecule has 0 saturated carbocycles. The molecule has 2 heterocycles. The molecule has 39 heavy (non-hydrogen) atoms. The van der Waals surface area contributed by atoms with Gasteiger partial charge in [0.25, 0.3) is 5.91 Å². The van der Waals surface area contributed by atoms with Crippen molar-refractivity contribution in [2.75, 3.05) is 9.96 Å². The van der Waals surface area contributed by atoms with Gasteiger partial charge in [0.15, 0.2) is 6.10 Å². The number of amides is 2. The average molecular weight is 541 g/mol. The first-order valence-electron chi connectivity index (χ1n) is 12.4. The molecule has 2 aliphatic heterocycles. The highest BCUT2D eigenvalue weighted by Crippen LogP contribution is 2.50. The third-order valence-electron chi connectivity index (χ3n) is 6.95. The number of hydroxylamine groups is 1. The summed E-state index contributed by atoms with van der Waals surface area (Å²) in [4.78, 5) is 35.0. The maximum Gasteiger partial charge on any atom is 0.339 e. The van der Waals surface area contributed by atoms with Crippen LogP contribution in [-0.4, -0.2) is 26.3 Å². The first-order valence-corrected chi connectivity index (χ1v) is 13.8. The Labute approximate surface area is 226 Å². The van der Waals surface area contributed by atoms with E-state index in [4.69, 9.17) is 9.02 Å². The fraction of sp³-hybridized carbons (Fsp3) is 0.133. The van der Waals surface area contributed by atoms with Crippen molar-refractivity contribution in [3.8, 4) is 5.75 Å². The number of hydrogen-bond donors (Lipinski definition) is 0. The van der Waals surface area contributed by atoms with Crippen LogP contribution >= 0.6 is 0 Å². The molecule has 0 N–H and O–H groups in total. The summed E-state index contributed by atoms with van der Waals surface area (Å²) >= 11 is 0. The van der Waals surface area contributed by atoms with Crippen molar-refractivity contribution >= 4 is 33.3 Å². The van der Waals surface area contributed by atoms with Crippen LogP contribution in [0.2, 0.25) is 0 Å². The molecular formula is C30H24N2O6S. The van der Waals surface area contributed by atoms with Crippen LogP contribution in [0.4, 0.5) is 11.4 Å². The van der Waals surface area contributed by atoms with E-state index in [0.717, 1.165) is 5.56 Å². The predicted molar refractivity (Wildman–Crippen MR) is 144 cm³/mol. The first kappa shape index (κ1) is 24.8. The second kappa shape index (κ2) is 9.68. The number of benzene rings is 4. The molecule has 2 amide bonds. The van der Waals surface area contributed by atoms with Crippen LogP contribution in [0.15, 0.2) is 114 Å². The van der Waals surface area contributed by atoms with Crippen molar-refractivity contribution in [3.63, 3.8) is 0 Å². The van der Waals surface area contributed by atoms with Gasteiger partial charge in [-0.3, -0.25) is 14.4 Å². The number of carbonyl (C=O) groups excluding carboxylic acids is 2. The first-order chi connectivity index (χ1) is 18.9. The summed E-state index contributed by atoms with van der Waals surface area (Å²) in [5.41, 5.74) is 2.28. The molecule has 2 saturated heterocycles. The summed E-state index contributed by atoms with van der Waals surface area (Å²) in [6, 6.07) is 29.8. The lowest BCUT2D eigenvalue weighted by atomic mass is 9.90. The van der Waals surface area contributed by atoms with Gasteiger partial charge in [-0.25, -0.2) is 9.96 Å². The maximum absolute atomic E-state index is 14.0. The van der Waals surface area contributed by atoms with Crippen LogP contribution in [0.5, 0.6) is 5.75 Å². The van der Waals surface area contributed by atoms with Gasteiger partial charge >= 0.3 is 10.1 Å². The quantitative estimate of drug-likeness (QED) is 0.256. The molecule has 196 valence electrons. The van der Waals surface area contributed by atoms with Gasteiger partial charge in [-0.2, -0.15) is 8.42 Å². The summed E-state index contributed by atoms with van der Waals surface area (Å²) in [7, 11) is -4.17. The minimum atomic E-state index is -4.17. The molecule has 0 unspecified atom stereocenters. The highest BCUT2D eigenvalue weighted by Gasteiger charge is 2.61. The summed E-state index contributed by atoms with van der Waals surface area (Å²) in [6.45, 7) is 1.83. The van der Waals surface area contributed by atoms with E-state index in [1.165, 1.54) is 28.2 Å². The van der Waals surface area contributed by atoms with Gasteiger partial charge in [0, 0.05) is 5.56 Å². The topological polar surface area (TPSA) is 93.2 Å². The van der Waals surface area contributed by atoms with E-state index >= 15 is 0 Å². The van der Waals surface area contributed by atoms with Gasteiger partial charge in [-0.05, 0) is 48.9 Å². The molecule has 4 aromatic carbocycles. The summed E-state index contributed by atoms with van der Waals surface area (Å²) in [5, 5.41) is 1.51. The smallest absolute Gasteiger partial charge is 0.339 e. The Bertz CT molecular complexity index is 1660. The Kier molecular flexibility index (Phi) is 6.17. The van der Waals surface area contributed by atoms with Crippen LogP contribution in [0.3, 0.4) is 0 Å². The van der Waals surface area contributed by atoms with Crippen molar-refractivity contribution in [1.29, 1.82) is 0 Å². The zero-order chi connectivity index (χ0) is 27.1. The van der Waals surface area contributed by atoms with Gasteiger partial charge in [0.2, 0.25) is 5.91 Å². The van der Waals surface area contributed by atoms with E-state index in [9.17, 15) is 18.0 Å². The Morgan fingerprint density at radius 1 is 0.744 bits per heavy atom. The molecule has 0 aliphatic carbocycles. The third-order valence-corrected chi connectivity index (χ3v) is 8.20. The van der Waals surface area contributed by atoms with Crippen LogP contribution in [0.25, 0.3) is 0 Å². The molecule has 8 nitrogen and oxygen atoms in total. The van der Waals surface area contributed by atoms with E-state index in [0.29, 0.717) is 16.9 Å². The van der Waals surface area contributed by atoms with E-state index in [1.54, 1.807) is 60.7 Å². The average Bonchev–Trinajstić information content (AvgIpc) is 3.46. The maximum atomic E-state index is 14.0.